The molecule has 5 aromatic rings. The Morgan fingerprint density at radius 3 is 2.57 bits per heavy atom. The van der Waals surface area contributed by atoms with Crippen LogP contribution in [0.3, 0.4) is 0 Å². The predicted molar refractivity (Wildman–Crippen MR) is 173 cm³/mol. The van der Waals surface area contributed by atoms with E-state index in [1.807, 2.05) is 49.1 Å². The molecule has 1 amide bonds. The number of para-hydroxylation sites is 1. The lowest BCUT2D eigenvalue weighted by molar-refractivity contribution is -0.384. The number of nitrogens with one attached hydrogen (secondary N) is 3. The number of aromatic nitrogens is 2. The molecule has 0 spiro atoms. The van der Waals surface area contributed by atoms with E-state index in [1.54, 1.807) is 24.4 Å². The third-order valence-corrected chi connectivity index (χ3v) is 8.19. The minimum atomic E-state index is -4.50. The first-order valence-corrected chi connectivity index (χ1v) is 15.7. The third-order valence-electron chi connectivity index (χ3n) is 6.86. The van der Waals surface area contributed by atoms with Crippen molar-refractivity contribution < 1.29 is 27.6 Å². The normalized spacial score (nSPS) is 11.4. The van der Waals surface area contributed by atoms with Crippen LogP contribution in [0.5, 0.6) is 17.2 Å². The van der Waals surface area contributed by atoms with Crippen molar-refractivity contribution in [2.75, 3.05) is 32.6 Å². The van der Waals surface area contributed by atoms with Crippen molar-refractivity contribution in [2.24, 2.45) is 0 Å². The number of anilines is 1. The number of amides is 1. The Labute approximate surface area is 265 Å². The average Bonchev–Trinajstić information content (AvgIpc) is 3.50. The summed E-state index contributed by atoms with van der Waals surface area (Å²) in [5.41, 5.74) is 1.09. The van der Waals surface area contributed by atoms with Gasteiger partial charge in [0.1, 0.15) is 28.6 Å². The van der Waals surface area contributed by atoms with Gasteiger partial charge in [-0.25, -0.2) is 18.1 Å². The molecule has 0 saturated heterocycles. The smallest absolute Gasteiger partial charge is 0.293 e. The summed E-state index contributed by atoms with van der Waals surface area (Å²) >= 11 is 0. The van der Waals surface area contributed by atoms with E-state index in [-0.39, 0.29) is 23.5 Å². The van der Waals surface area contributed by atoms with Crippen LogP contribution in [-0.4, -0.2) is 61.4 Å². The number of fused-ring (bicyclic) bond motifs is 1. The van der Waals surface area contributed by atoms with Crippen molar-refractivity contribution in [1.82, 2.24) is 19.6 Å². The van der Waals surface area contributed by atoms with Gasteiger partial charge in [0.05, 0.1) is 28.2 Å². The van der Waals surface area contributed by atoms with Gasteiger partial charge in [-0.15, -0.1) is 0 Å². The number of carbonyl (C=O) groups excluding carboxylic acids is 1. The van der Waals surface area contributed by atoms with Crippen molar-refractivity contribution in [1.29, 1.82) is 0 Å². The van der Waals surface area contributed by atoms with Gasteiger partial charge in [0.25, 0.3) is 21.6 Å². The number of sulfonamides is 1. The van der Waals surface area contributed by atoms with E-state index in [9.17, 15) is 23.3 Å². The fraction of sp³-hybridized carbons (Fsp3) is 0.188. The fourth-order valence-electron chi connectivity index (χ4n) is 4.53. The first kappa shape index (κ1) is 31.9. The molecule has 0 radical (unpaired) electrons. The number of hydrogen-bond donors (Lipinski definition) is 3. The molecule has 2 aromatic heterocycles. The van der Waals surface area contributed by atoms with Crippen LogP contribution in [0.1, 0.15) is 22.3 Å². The molecule has 238 valence electrons. The van der Waals surface area contributed by atoms with E-state index in [0.717, 1.165) is 35.7 Å². The summed E-state index contributed by atoms with van der Waals surface area (Å²) in [6, 6.07) is 20.3. The number of aromatic amines is 1. The molecular weight excluding hydrogens is 612 g/mol. The topological polar surface area (TPSA) is 169 Å². The fourth-order valence-corrected chi connectivity index (χ4v) is 5.52. The second kappa shape index (κ2) is 14.1. The number of nitrogens with zero attached hydrogens (tertiary/aromatic N) is 3. The summed E-state index contributed by atoms with van der Waals surface area (Å²) in [5.74, 6) is 0.186. The largest absolute Gasteiger partial charge is 0.494 e. The molecular formula is C32H32N6O7S. The molecule has 0 bridgehead atoms. The van der Waals surface area contributed by atoms with E-state index in [1.165, 1.54) is 30.5 Å². The summed E-state index contributed by atoms with van der Waals surface area (Å²) in [7, 11) is -0.499. The Balaban J connectivity index is 1.25. The number of rotatable bonds is 14. The van der Waals surface area contributed by atoms with Crippen LogP contribution < -0.4 is 19.5 Å². The Hall–Kier alpha value is -5.47. The molecule has 0 fully saturated rings. The lowest BCUT2D eigenvalue weighted by Gasteiger charge is -2.13. The maximum absolute atomic E-state index is 13.2. The number of ether oxygens (including phenoxy) is 2. The number of carbonyl (C=O) groups is 1. The first-order valence-electron chi connectivity index (χ1n) is 14.2. The van der Waals surface area contributed by atoms with Gasteiger partial charge >= 0.3 is 0 Å². The average molecular weight is 645 g/mol. The van der Waals surface area contributed by atoms with Gasteiger partial charge in [-0.3, -0.25) is 14.9 Å². The first-order chi connectivity index (χ1) is 22.1. The molecule has 0 aliphatic carbocycles. The number of H-pyrrole nitrogens is 1. The van der Waals surface area contributed by atoms with Crippen LogP contribution in [0.2, 0.25) is 0 Å². The zero-order valence-corrected chi connectivity index (χ0v) is 25.9. The van der Waals surface area contributed by atoms with Crippen LogP contribution in [0.25, 0.3) is 11.0 Å². The van der Waals surface area contributed by atoms with Crippen LogP contribution in [0.15, 0.2) is 96.2 Å². The third kappa shape index (κ3) is 7.97. The molecule has 0 aliphatic heterocycles. The molecule has 3 aromatic carbocycles. The second-order valence-electron chi connectivity index (χ2n) is 10.6. The van der Waals surface area contributed by atoms with Crippen LogP contribution in [-0.2, 0) is 16.6 Å². The Bertz CT molecular complexity index is 1960. The highest BCUT2D eigenvalue weighted by Crippen LogP contribution is 2.30. The Morgan fingerprint density at radius 1 is 1.02 bits per heavy atom. The zero-order chi connectivity index (χ0) is 32.7. The summed E-state index contributed by atoms with van der Waals surface area (Å²) in [6.45, 7) is 1.75. The monoisotopic (exact) mass is 644 g/mol. The second-order valence-corrected chi connectivity index (χ2v) is 12.2. The summed E-state index contributed by atoms with van der Waals surface area (Å²) < 4.78 is 39.9. The van der Waals surface area contributed by atoms with E-state index < -0.39 is 31.4 Å². The van der Waals surface area contributed by atoms with Gasteiger partial charge in [-0.2, -0.15) is 0 Å². The SMILES string of the molecule is CN(C)CCCOc1ccc(CNc2ccc(S(=O)(=O)NC(=O)c3ccccc3Oc3cnc4[nH]ccc4c3)cc2[N+](=O)[O-])cc1. The number of hydrogen-bond acceptors (Lipinski definition) is 10. The molecule has 5 rings (SSSR count). The lowest BCUT2D eigenvalue weighted by atomic mass is 10.2. The molecule has 0 unspecified atom stereocenters. The minimum absolute atomic E-state index is 0.0574. The molecule has 0 saturated carbocycles. The van der Waals surface area contributed by atoms with Crippen molar-refractivity contribution in [3.8, 4) is 17.2 Å². The highest BCUT2D eigenvalue weighted by atomic mass is 32.2. The van der Waals surface area contributed by atoms with Gasteiger partial charge in [-0.05, 0) is 74.6 Å². The van der Waals surface area contributed by atoms with Gasteiger partial charge in [0, 0.05) is 30.7 Å². The lowest BCUT2D eigenvalue weighted by Crippen LogP contribution is -2.30. The van der Waals surface area contributed by atoms with Crippen molar-refractivity contribution in [2.45, 2.75) is 17.9 Å². The van der Waals surface area contributed by atoms with Crippen molar-refractivity contribution in [3.63, 3.8) is 0 Å². The molecule has 3 N–H and O–H groups in total. The standard InChI is InChI=1S/C32H32N6O7S/c1-37(2)16-5-17-44-24-10-8-22(9-11-24)20-34-28-13-12-26(19-29(28)38(40)41)46(42,43)36-32(39)27-6-3-4-7-30(27)45-25-18-23-14-15-33-31(23)35-21-25/h3-4,6-15,18-19,21,34H,5,16-17,20H2,1-2H3,(H,33,35)(H,36,39). The molecule has 0 aliphatic rings. The molecule has 0 atom stereocenters. The van der Waals surface area contributed by atoms with Gasteiger partial charge in [0.2, 0.25) is 0 Å². The van der Waals surface area contributed by atoms with Crippen molar-refractivity contribution >= 4 is 38.3 Å². The molecule has 2 heterocycles. The summed E-state index contributed by atoms with van der Waals surface area (Å²) in [6.07, 6.45) is 4.09. The number of nitro benzene ring substituents is 1. The highest BCUT2D eigenvalue weighted by molar-refractivity contribution is 7.90. The van der Waals surface area contributed by atoms with Gasteiger partial charge < -0.3 is 24.7 Å². The quantitative estimate of drug-likeness (QED) is 0.0817. The minimum Gasteiger partial charge on any atom is -0.494 e. The molecule has 13 nitrogen and oxygen atoms in total. The zero-order valence-electron chi connectivity index (χ0n) is 25.1. The molecule has 14 heteroatoms. The molecule has 46 heavy (non-hydrogen) atoms. The number of nitro groups is 1. The Kier molecular flexibility index (Phi) is 9.79. The predicted octanol–water partition coefficient (Wildman–Crippen LogP) is 5.32. The van der Waals surface area contributed by atoms with E-state index >= 15 is 0 Å². The maximum atomic E-state index is 13.2. The van der Waals surface area contributed by atoms with Crippen LogP contribution in [0, 0.1) is 10.1 Å². The summed E-state index contributed by atoms with van der Waals surface area (Å²) in [4.78, 5) is 33.2. The highest BCUT2D eigenvalue weighted by Gasteiger charge is 2.25. The Morgan fingerprint density at radius 2 is 1.80 bits per heavy atom. The summed E-state index contributed by atoms with van der Waals surface area (Å²) in [5, 5.41) is 15.7. The van der Waals surface area contributed by atoms with Crippen LogP contribution >= 0.6 is 0 Å². The van der Waals surface area contributed by atoms with Gasteiger partial charge in [-0.1, -0.05) is 24.3 Å². The van der Waals surface area contributed by atoms with Crippen LogP contribution in [0.4, 0.5) is 11.4 Å². The van der Waals surface area contributed by atoms with E-state index in [2.05, 4.69) is 20.2 Å². The van der Waals surface area contributed by atoms with Gasteiger partial charge in [0.15, 0.2) is 0 Å². The number of pyridine rings is 1. The van der Waals surface area contributed by atoms with E-state index in [0.29, 0.717) is 18.0 Å². The maximum Gasteiger partial charge on any atom is 0.293 e. The van der Waals surface area contributed by atoms with Crippen molar-refractivity contribution in [3.05, 3.63) is 112 Å². The van der Waals surface area contributed by atoms with E-state index in [4.69, 9.17) is 9.47 Å². The number of benzene rings is 3.